The fourth-order valence-electron chi connectivity index (χ4n) is 2.71. The van der Waals surface area contributed by atoms with Crippen molar-refractivity contribution >= 4 is 39.1 Å². The number of hydrogen-bond acceptors (Lipinski definition) is 4. The van der Waals surface area contributed by atoms with Gasteiger partial charge in [-0.15, -0.1) is 0 Å². The normalized spacial score (nSPS) is 10.9. The molecule has 0 spiro atoms. The van der Waals surface area contributed by atoms with E-state index in [4.69, 9.17) is 16.1 Å². The fourth-order valence-corrected chi connectivity index (χ4v) is 3.22. The van der Waals surface area contributed by atoms with E-state index in [0.29, 0.717) is 32.3 Å². The fraction of sp³-hybridized carbons (Fsp3) is 0.0500. The second-order valence-electron chi connectivity index (χ2n) is 6.13. The molecule has 0 fully saturated rings. The molecule has 0 saturated heterocycles. The molecule has 1 N–H and O–H groups in total. The minimum atomic E-state index is -0.377. The molecule has 9 heteroatoms. The highest BCUT2D eigenvalue weighted by atomic mass is 79.9. The molecular weight excluding hydrogens is 463 g/mol. The topological polar surface area (TPSA) is 73.0 Å². The van der Waals surface area contributed by atoms with Gasteiger partial charge in [-0.25, -0.2) is 4.39 Å². The maximum Gasteiger partial charge on any atom is 0.274 e. The molecule has 2 aromatic heterocycles. The van der Waals surface area contributed by atoms with Crippen LogP contribution < -0.4 is 5.32 Å². The number of hydrogen-bond donors (Lipinski definition) is 1. The Bertz CT molecular complexity index is 1170. The summed E-state index contributed by atoms with van der Waals surface area (Å²) in [5.74, 6) is -0.0196. The first-order valence-corrected chi connectivity index (χ1v) is 9.67. The van der Waals surface area contributed by atoms with E-state index in [9.17, 15) is 9.18 Å². The smallest absolute Gasteiger partial charge is 0.274 e. The summed E-state index contributed by atoms with van der Waals surface area (Å²) in [4.78, 5) is 16.7. The minimum absolute atomic E-state index is 0.0603. The lowest BCUT2D eigenvalue weighted by atomic mass is 10.2. The van der Waals surface area contributed by atoms with E-state index >= 15 is 0 Å². The molecule has 1 amide bonds. The first-order valence-electron chi connectivity index (χ1n) is 8.49. The predicted molar refractivity (Wildman–Crippen MR) is 111 cm³/mol. The average molecular weight is 476 g/mol. The lowest BCUT2D eigenvalue weighted by molar-refractivity contribution is -0.116. The summed E-state index contributed by atoms with van der Waals surface area (Å²) in [6.45, 7) is 0.0603. The monoisotopic (exact) mass is 474 g/mol. The van der Waals surface area contributed by atoms with Gasteiger partial charge in [-0.2, -0.15) is 4.98 Å². The number of nitrogens with zero attached hydrogens (tertiary/aromatic N) is 3. The van der Waals surface area contributed by atoms with E-state index in [1.807, 2.05) is 0 Å². The van der Waals surface area contributed by atoms with Gasteiger partial charge in [-0.1, -0.05) is 16.8 Å². The van der Waals surface area contributed by atoms with Crippen LogP contribution in [0.3, 0.4) is 0 Å². The molecular formula is C20H13BrClFN4O2. The summed E-state index contributed by atoms with van der Waals surface area (Å²) in [6, 6.07) is 14.9. The van der Waals surface area contributed by atoms with Crippen LogP contribution in [0.2, 0.25) is 5.02 Å². The summed E-state index contributed by atoms with van der Waals surface area (Å²) in [7, 11) is 0. The predicted octanol–water partition coefficient (Wildman–Crippen LogP) is 5.40. The van der Waals surface area contributed by atoms with Crippen LogP contribution in [0.1, 0.15) is 0 Å². The van der Waals surface area contributed by atoms with Crippen molar-refractivity contribution in [2.75, 3.05) is 5.32 Å². The quantitative estimate of drug-likeness (QED) is 0.419. The molecule has 0 saturated carbocycles. The van der Waals surface area contributed by atoms with Gasteiger partial charge in [0.1, 0.15) is 18.1 Å². The number of aromatic nitrogens is 3. The van der Waals surface area contributed by atoms with Crippen LogP contribution in [-0.4, -0.2) is 20.6 Å². The van der Waals surface area contributed by atoms with Gasteiger partial charge in [0.05, 0.1) is 4.47 Å². The van der Waals surface area contributed by atoms with Crippen LogP contribution >= 0.6 is 27.5 Å². The molecule has 0 aliphatic heterocycles. The van der Waals surface area contributed by atoms with Gasteiger partial charge < -0.3 is 14.4 Å². The summed E-state index contributed by atoms with van der Waals surface area (Å²) in [5.41, 5.74) is 1.85. The number of halogens is 3. The Hall–Kier alpha value is -2.97. The lowest BCUT2D eigenvalue weighted by Crippen LogP contribution is -2.18. The van der Waals surface area contributed by atoms with Crippen LogP contribution in [0.5, 0.6) is 0 Å². The number of rotatable bonds is 5. The minimum Gasteiger partial charge on any atom is -0.334 e. The van der Waals surface area contributed by atoms with Crippen LogP contribution in [-0.2, 0) is 11.3 Å². The zero-order valence-corrected chi connectivity index (χ0v) is 17.1. The third-order valence-electron chi connectivity index (χ3n) is 4.09. The Morgan fingerprint density at radius 1 is 1.21 bits per heavy atom. The van der Waals surface area contributed by atoms with Gasteiger partial charge in [0.25, 0.3) is 5.89 Å². The van der Waals surface area contributed by atoms with E-state index in [2.05, 4.69) is 31.4 Å². The van der Waals surface area contributed by atoms with Crippen molar-refractivity contribution in [2.45, 2.75) is 6.54 Å². The number of nitrogens with one attached hydrogen (secondary N) is 1. The number of benzene rings is 2. The molecule has 0 aliphatic rings. The largest absolute Gasteiger partial charge is 0.334 e. The van der Waals surface area contributed by atoms with E-state index in [1.165, 1.54) is 6.07 Å². The van der Waals surface area contributed by atoms with Gasteiger partial charge in [-0.05, 0) is 70.5 Å². The molecule has 2 heterocycles. The van der Waals surface area contributed by atoms with E-state index in [0.717, 1.165) is 0 Å². The van der Waals surface area contributed by atoms with Crippen molar-refractivity contribution in [3.63, 3.8) is 0 Å². The maximum atomic E-state index is 13.4. The molecule has 0 atom stereocenters. The molecule has 4 rings (SSSR count). The molecule has 146 valence electrons. The Labute approximate surface area is 178 Å². The number of carbonyl (C=O) groups excluding carboxylic acids is 1. The molecule has 29 heavy (non-hydrogen) atoms. The summed E-state index contributed by atoms with van der Waals surface area (Å²) >= 11 is 8.99. The molecule has 0 aliphatic carbocycles. The van der Waals surface area contributed by atoms with Gasteiger partial charge in [0.2, 0.25) is 11.7 Å². The van der Waals surface area contributed by atoms with Crippen LogP contribution in [0.4, 0.5) is 10.1 Å². The molecule has 2 aromatic carbocycles. The first-order chi connectivity index (χ1) is 14.0. The molecule has 0 radical (unpaired) electrons. The Morgan fingerprint density at radius 3 is 2.76 bits per heavy atom. The molecule has 0 unspecified atom stereocenters. The lowest BCUT2D eigenvalue weighted by Gasteiger charge is -2.08. The summed E-state index contributed by atoms with van der Waals surface area (Å²) in [5, 5.41) is 7.35. The third kappa shape index (κ3) is 4.38. The van der Waals surface area contributed by atoms with Gasteiger partial charge >= 0.3 is 0 Å². The van der Waals surface area contributed by atoms with Gasteiger partial charge in [0.15, 0.2) is 0 Å². The van der Waals surface area contributed by atoms with Crippen LogP contribution in [0.15, 0.2) is 69.8 Å². The second kappa shape index (κ2) is 8.18. The molecule has 0 bridgehead atoms. The van der Waals surface area contributed by atoms with Gasteiger partial charge in [0, 0.05) is 22.5 Å². The van der Waals surface area contributed by atoms with Crippen LogP contribution in [0, 0.1) is 5.82 Å². The molecule has 6 nitrogen and oxygen atoms in total. The van der Waals surface area contributed by atoms with Crippen molar-refractivity contribution in [3.8, 4) is 23.0 Å². The Kier molecular flexibility index (Phi) is 5.46. The van der Waals surface area contributed by atoms with Gasteiger partial charge in [-0.3, -0.25) is 4.79 Å². The maximum absolute atomic E-state index is 13.4. The van der Waals surface area contributed by atoms with Crippen molar-refractivity contribution < 1.29 is 13.7 Å². The highest BCUT2D eigenvalue weighted by molar-refractivity contribution is 9.10. The molecule has 4 aromatic rings. The van der Waals surface area contributed by atoms with E-state index < -0.39 is 0 Å². The zero-order valence-electron chi connectivity index (χ0n) is 14.8. The summed E-state index contributed by atoms with van der Waals surface area (Å²) in [6.07, 6.45) is 1.75. The highest BCUT2D eigenvalue weighted by Crippen LogP contribution is 2.26. The zero-order chi connectivity index (χ0) is 20.4. The summed E-state index contributed by atoms with van der Waals surface area (Å²) < 4.78 is 20.8. The Morgan fingerprint density at radius 2 is 2.00 bits per heavy atom. The Balaban J connectivity index is 1.52. The van der Waals surface area contributed by atoms with Crippen molar-refractivity contribution in [1.29, 1.82) is 0 Å². The number of carbonyl (C=O) groups is 1. The van der Waals surface area contributed by atoms with E-state index in [-0.39, 0.29) is 24.2 Å². The van der Waals surface area contributed by atoms with Crippen molar-refractivity contribution in [1.82, 2.24) is 14.7 Å². The number of anilines is 1. The SMILES string of the molecule is O=C(Cn1cccc1-c1nc(-c2ccc(F)c(Br)c2)no1)Nc1ccc(Cl)cc1. The van der Waals surface area contributed by atoms with Crippen molar-refractivity contribution in [2.24, 2.45) is 0 Å². The number of amides is 1. The van der Waals surface area contributed by atoms with Crippen molar-refractivity contribution in [3.05, 3.63) is 76.1 Å². The standard InChI is InChI=1S/C20H13BrClFN4O2/c21-15-10-12(3-8-16(15)23)19-25-20(29-26-19)17-2-1-9-27(17)11-18(28)24-14-6-4-13(22)5-7-14/h1-10H,11H2,(H,24,28). The second-order valence-corrected chi connectivity index (χ2v) is 7.42. The van der Waals surface area contributed by atoms with E-state index in [1.54, 1.807) is 59.3 Å². The average Bonchev–Trinajstić information content (AvgIpc) is 3.35. The highest BCUT2D eigenvalue weighted by Gasteiger charge is 2.16. The third-order valence-corrected chi connectivity index (χ3v) is 4.95. The first kappa shape index (κ1) is 19.4. The van der Waals surface area contributed by atoms with Crippen LogP contribution in [0.25, 0.3) is 23.0 Å².